The van der Waals surface area contributed by atoms with Gasteiger partial charge in [0.1, 0.15) is 0 Å². The Bertz CT molecular complexity index is 496. The van der Waals surface area contributed by atoms with E-state index in [-0.39, 0.29) is 18.4 Å². The van der Waals surface area contributed by atoms with Gasteiger partial charge in [0.05, 0.1) is 39.0 Å². The van der Waals surface area contributed by atoms with Crippen molar-refractivity contribution in [2.45, 2.75) is 0 Å². The summed E-state index contributed by atoms with van der Waals surface area (Å²) in [7, 11) is 0. The molecule has 0 aromatic carbocycles. The molecular weight excluding hydrogens is 258 g/mol. The van der Waals surface area contributed by atoms with Crippen LogP contribution in [0.2, 0.25) is 0 Å². The minimum Gasteiger partial charge on any atom is -0.459 e. The Morgan fingerprint density at radius 2 is 2.20 bits per heavy atom. The molecule has 0 bridgehead atoms. The van der Waals surface area contributed by atoms with Gasteiger partial charge in [-0.15, -0.1) is 6.42 Å². The summed E-state index contributed by atoms with van der Waals surface area (Å²) in [5.41, 5.74) is 0. The number of amides is 2. The van der Waals surface area contributed by atoms with Gasteiger partial charge >= 0.3 is 0 Å². The van der Waals surface area contributed by atoms with Crippen molar-refractivity contribution in [1.29, 1.82) is 0 Å². The van der Waals surface area contributed by atoms with E-state index in [1.807, 2.05) is 0 Å². The lowest BCUT2D eigenvalue weighted by Gasteiger charge is -2.31. The molecule has 2 heterocycles. The first kappa shape index (κ1) is 14.2. The summed E-state index contributed by atoms with van der Waals surface area (Å²) in [6, 6.07) is 3.36. The summed E-state index contributed by atoms with van der Waals surface area (Å²) < 4.78 is 5.10. The summed E-state index contributed by atoms with van der Waals surface area (Å²) in [5, 5.41) is 2.64. The molecule has 0 atom stereocenters. The smallest absolute Gasteiger partial charge is 0.289 e. The van der Waals surface area contributed by atoms with Crippen LogP contribution in [0.3, 0.4) is 0 Å². The molecule has 1 aromatic heterocycles. The largest absolute Gasteiger partial charge is 0.459 e. The monoisotopic (exact) mass is 276 g/mol. The molecule has 0 saturated carbocycles. The summed E-state index contributed by atoms with van der Waals surface area (Å²) in [6.07, 6.45) is 6.57. The number of quaternary nitrogens is 1. The van der Waals surface area contributed by atoms with E-state index in [1.165, 1.54) is 6.26 Å². The van der Waals surface area contributed by atoms with Crippen molar-refractivity contribution >= 4 is 11.8 Å². The third-order valence-corrected chi connectivity index (χ3v) is 3.29. The Kier molecular flexibility index (Phi) is 4.80. The number of piperazine rings is 1. The van der Waals surface area contributed by atoms with E-state index in [9.17, 15) is 9.59 Å². The second-order valence-corrected chi connectivity index (χ2v) is 4.68. The van der Waals surface area contributed by atoms with Crippen LogP contribution >= 0.6 is 0 Å². The van der Waals surface area contributed by atoms with Crippen molar-refractivity contribution < 1.29 is 18.9 Å². The van der Waals surface area contributed by atoms with Crippen LogP contribution < -0.4 is 10.2 Å². The number of hydrogen-bond acceptors (Lipinski definition) is 3. The molecule has 1 saturated heterocycles. The zero-order valence-electron chi connectivity index (χ0n) is 11.2. The molecule has 1 aliphatic rings. The molecule has 2 rings (SSSR count). The second kappa shape index (κ2) is 6.78. The molecule has 0 aliphatic carbocycles. The molecule has 6 nitrogen and oxygen atoms in total. The maximum atomic E-state index is 12.1. The van der Waals surface area contributed by atoms with Crippen LogP contribution in [0.25, 0.3) is 0 Å². The maximum absolute atomic E-state index is 12.1. The first-order chi connectivity index (χ1) is 9.70. The SMILES string of the molecule is C#CCNC(=O)C[NH+]1CCN(C(=O)c2ccco2)CC1. The predicted octanol–water partition coefficient (Wildman–Crippen LogP) is -1.63. The van der Waals surface area contributed by atoms with E-state index in [1.54, 1.807) is 17.0 Å². The third kappa shape index (κ3) is 3.62. The first-order valence-electron chi connectivity index (χ1n) is 6.57. The fourth-order valence-electron chi connectivity index (χ4n) is 2.20. The van der Waals surface area contributed by atoms with E-state index in [2.05, 4.69) is 11.2 Å². The van der Waals surface area contributed by atoms with Crippen molar-refractivity contribution in [1.82, 2.24) is 10.2 Å². The number of nitrogens with zero attached hydrogens (tertiary/aromatic N) is 1. The zero-order valence-corrected chi connectivity index (χ0v) is 11.2. The Labute approximate surface area is 117 Å². The van der Waals surface area contributed by atoms with Crippen molar-refractivity contribution in [3.05, 3.63) is 24.2 Å². The standard InChI is InChI=1S/C14H17N3O3/c1-2-5-15-13(18)11-16-6-8-17(9-7-16)14(19)12-4-3-10-20-12/h1,3-4,10H,5-9,11H2,(H,15,18)/p+1. The molecular formula is C14H18N3O3+. The van der Waals surface area contributed by atoms with Gasteiger partial charge in [0.15, 0.2) is 12.3 Å². The highest BCUT2D eigenvalue weighted by Crippen LogP contribution is 2.05. The Hall–Kier alpha value is -2.26. The number of furan rings is 1. The molecule has 1 aliphatic heterocycles. The molecule has 6 heteroatoms. The minimum atomic E-state index is -0.0918. The van der Waals surface area contributed by atoms with E-state index in [0.29, 0.717) is 25.4 Å². The van der Waals surface area contributed by atoms with Crippen LogP contribution in [0.5, 0.6) is 0 Å². The first-order valence-corrected chi connectivity index (χ1v) is 6.57. The van der Waals surface area contributed by atoms with Crippen LogP contribution in [0.1, 0.15) is 10.6 Å². The lowest BCUT2D eigenvalue weighted by atomic mass is 10.3. The molecule has 0 unspecified atom stereocenters. The van der Waals surface area contributed by atoms with Crippen molar-refractivity contribution in [3.8, 4) is 12.3 Å². The van der Waals surface area contributed by atoms with Crippen LogP contribution in [-0.4, -0.2) is 56.0 Å². The van der Waals surface area contributed by atoms with Gasteiger partial charge in [0.2, 0.25) is 0 Å². The van der Waals surface area contributed by atoms with Gasteiger partial charge in [0.25, 0.3) is 11.8 Å². The van der Waals surface area contributed by atoms with Gasteiger partial charge in [-0.1, -0.05) is 5.92 Å². The van der Waals surface area contributed by atoms with Gasteiger partial charge in [-0.2, -0.15) is 0 Å². The van der Waals surface area contributed by atoms with E-state index < -0.39 is 0 Å². The second-order valence-electron chi connectivity index (χ2n) is 4.68. The Morgan fingerprint density at radius 3 is 2.80 bits per heavy atom. The molecule has 20 heavy (non-hydrogen) atoms. The Morgan fingerprint density at radius 1 is 1.45 bits per heavy atom. The molecule has 106 valence electrons. The van der Waals surface area contributed by atoms with E-state index in [4.69, 9.17) is 10.8 Å². The topological polar surface area (TPSA) is 67.0 Å². The highest BCUT2D eigenvalue weighted by Gasteiger charge is 2.26. The number of terminal acetylenes is 1. The zero-order chi connectivity index (χ0) is 14.4. The van der Waals surface area contributed by atoms with E-state index in [0.717, 1.165) is 18.0 Å². The van der Waals surface area contributed by atoms with Gasteiger partial charge < -0.3 is 19.5 Å². The molecule has 2 N–H and O–H groups in total. The van der Waals surface area contributed by atoms with Crippen LogP contribution in [-0.2, 0) is 4.79 Å². The lowest BCUT2D eigenvalue weighted by Crippen LogP contribution is -3.15. The number of nitrogens with one attached hydrogen (secondary N) is 2. The number of carbonyl (C=O) groups excluding carboxylic acids is 2. The van der Waals surface area contributed by atoms with Crippen LogP contribution in [0.4, 0.5) is 0 Å². The molecule has 0 radical (unpaired) electrons. The normalized spacial score (nSPS) is 15.7. The average molecular weight is 276 g/mol. The third-order valence-electron chi connectivity index (χ3n) is 3.29. The molecule has 1 aromatic rings. The quantitative estimate of drug-likeness (QED) is 0.649. The van der Waals surface area contributed by atoms with Gasteiger partial charge in [-0.05, 0) is 12.1 Å². The Balaban J connectivity index is 1.77. The van der Waals surface area contributed by atoms with Crippen LogP contribution in [0.15, 0.2) is 22.8 Å². The maximum Gasteiger partial charge on any atom is 0.289 e. The average Bonchev–Trinajstić information content (AvgIpc) is 2.99. The summed E-state index contributed by atoms with van der Waals surface area (Å²) in [5.74, 6) is 2.59. The molecule has 1 fully saturated rings. The fraction of sp³-hybridized carbons (Fsp3) is 0.429. The van der Waals surface area contributed by atoms with Crippen molar-refractivity contribution in [2.24, 2.45) is 0 Å². The molecule has 0 spiro atoms. The summed E-state index contributed by atoms with van der Waals surface area (Å²) in [6.45, 7) is 3.39. The molecule has 2 amide bonds. The van der Waals surface area contributed by atoms with Gasteiger partial charge in [-0.3, -0.25) is 9.59 Å². The van der Waals surface area contributed by atoms with Crippen molar-refractivity contribution in [3.63, 3.8) is 0 Å². The lowest BCUT2D eigenvalue weighted by molar-refractivity contribution is -0.896. The fourth-order valence-corrected chi connectivity index (χ4v) is 2.20. The number of carbonyl (C=O) groups is 2. The minimum absolute atomic E-state index is 0.0521. The van der Waals surface area contributed by atoms with E-state index >= 15 is 0 Å². The highest BCUT2D eigenvalue weighted by atomic mass is 16.3. The van der Waals surface area contributed by atoms with Gasteiger partial charge in [-0.25, -0.2) is 0 Å². The predicted molar refractivity (Wildman–Crippen MR) is 72.0 cm³/mol. The summed E-state index contributed by atoms with van der Waals surface area (Å²) in [4.78, 5) is 26.5. The van der Waals surface area contributed by atoms with Crippen molar-refractivity contribution in [2.75, 3.05) is 39.3 Å². The summed E-state index contributed by atoms with van der Waals surface area (Å²) >= 11 is 0. The number of hydrogen-bond donors (Lipinski definition) is 2. The highest BCUT2D eigenvalue weighted by molar-refractivity contribution is 5.91. The van der Waals surface area contributed by atoms with Gasteiger partial charge in [0, 0.05) is 0 Å². The van der Waals surface area contributed by atoms with Crippen LogP contribution in [0, 0.1) is 12.3 Å². The number of rotatable bonds is 4.